The first-order valence-electron chi connectivity index (χ1n) is 6.26. The van der Waals surface area contributed by atoms with Gasteiger partial charge in [-0.3, -0.25) is 9.59 Å². The van der Waals surface area contributed by atoms with Gasteiger partial charge in [0.2, 0.25) is 5.91 Å². The van der Waals surface area contributed by atoms with E-state index in [1.807, 2.05) is 30.3 Å². The van der Waals surface area contributed by atoms with Crippen LogP contribution in [0.1, 0.15) is 11.5 Å². The Morgan fingerprint density at radius 3 is 2.74 bits per heavy atom. The minimum Gasteiger partial charge on any atom is -0.468 e. The predicted molar refractivity (Wildman–Crippen MR) is 70.6 cm³/mol. The summed E-state index contributed by atoms with van der Waals surface area (Å²) in [6.07, 6.45) is 0. The number of carbonyl (C=O) groups excluding carboxylic acids is 2. The fraction of sp³-hybridized carbons (Fsp3) is 0.429. The quantitative estimate of drug-likeness (QED) is 0.800. The van der Waals surface area contributed by atoms with Gasteiger partial charge in [0.1, 0.15) is 12.0 Å². The zero-order chi connectivity index (χ0) is 13.8. The van der Waals surface area contributed by atoms with E-state index < -0.39 is 17.9 Å². The molecular formula is C14H18N2O3. The van der Waals surface area contributed by atoms with Crippen molar-refractivity contribution >= 4 is 11.9 Å². The first-order valence-corrected chi connectivity index (χ1v) is 6.26. The Balaban J connectivity index is 2.33. The van der Waals surface area contributed by atoms with Gasteiger partial charge in [-0.05, 0) is 5.56 Å². The number of rotatable bonds is 3. The summed E-state index contributed by atoms with van der Waals surface area (Å²) in [5.74, 6) is -1.08. The van der Waals surface area contributed by atoms with Crippen molar-refractivity contribution in [3.63, 3.8) is 0 Å². The number of methoxy groups -OCH3 is 1. The Morgan fingerprint density at radius 1 is 1.42 bits per heavy atom. The number of hydrogen-bond donors (Lipinski definition) is 1. The molecular weight excluding hydrogens is 244 g/mol. The van der Waals surface area contributed by atoms with E-state index in [1.165, 1.54) is 7.11 Å². The summed E-state index contributed by atoms with van der Waals surface area (Å²) in [4.78, 5) is 25.9. The molecule has 1 saturated heterocycles. The molecule has 1 fully saturated rings. The molecule has 0 aromatic heterocycles. The Kier molecular flexibility index (Phi) is 4.16. The van der Waals surface area contributed by atoms with Crippen LogP contribution in [0.5, 0.6) is 0 Å². The minimum atomic E-state index is -0.610. The summed E-state index contributed by atoms with van der Waals surface area (Å²) in [7, 11) is 3.09. The Bertz CT molecular complexity index is 461. The van der Waals surface area contributed by atoms with Crippen LogP contribution >= 0.6 is 0 Å². The maximum absolute atomic E-state index is 12.2. The molecule has 5 nitrogen and oxygen atoms in total. The fourth-order valence-electron chi connectivity index (χ4n) is 2.34. The normalized spacial score (nSPS) is 21.1. The van der Waals surface area contributed by atoms with Gasteiger partial charge in [0.25, 0.3) is 0 Å². The van der Waals surface area contributed by atoms with Crippen LogP contribution < -0.4 is 5.32 Å². The summed E-state index contributed by atoms with van der Waals surface area (Å²) < 4.78 is 4.85. The van der Waals surface area contributed by atoms with Crippen LogP contribution in [0.25, 0.3) is 0 Å². The van der Waals surface area contributed by atoms with E-state index in [4.69, 9.17) is 4.74 Å². The lowest BCUT2D eigenvalue weighted by molar-refractivity contribution is -0.148. The third-order valence-electron chi connectivity index (χ3n) is 3.40. The van der Waals surface area contributed by atoms with Gasteiger partial charge < -0.3 is 15.0 Å². The Labute approximate surface area is 112 Å². The molecule has 102 valence electrons. The molecule has 1 aliphatic heterocycles. The molecule has 19 heavy (non-hydrogen) atoms. The summed E-state index contributed by atoms with van der Waals surface area (Å²) in [6.45, 7) is 1.32. The average Bonchev–Trinajstić information content (AvgIpc) is 2.44. The average molecular weight is 262 g/mol. The van der Waals surface area contributed by atoms with Crippen molar-refractivity contribution in [2.24, 2.45) is 0 Å². The molecule has 0 saturated carbocycles. The van der Waals surface area contributed by atoms with Crippen LogP contribution in [0, 0.1) is 0 Å². The second-order valence-corrected chi connectivity index (χ2v) is 4.60. The van der Waals surface area contributed by atoms with E-state index in [9.17, 15) is 9.59 Å². The smallest absolute Gasteiger partial charge is 0.315 e. The fourth-order valence-corrected chi connectivity index (χ4v) is 2.34. The molecule has 0 aliphatic carbocycles. The largest absolute Gasteiger partial charge is 0.468 e. The van der Waals surface area contributed by atoms with Gasteiger partial charge in [0.05, 0.1) is 7.11 Å². The maximum atomic E-state index is 12.2. The number of nitrogens with zero attached hydrogens (tertiary/aromatic N) is 1. The number of benzene rings is 1. The highest BCUT2D eigenvalue weighted by Gasteiger charge is 2.38. The van der Waals surface area contributed by atoms with Crippen LogP contribution in [-0.4, -0.2) is 50.1 Å². The Hall–Kier alpha value is -1.88. The summed E-state index contributed by atoms with van der Waals surface area (Å²) in [5, 5.41) is 3.12. The first kappa shape index (κ1) is 13.5. The minimum absolute atomic E-state index is 0.0782. The molecule has 2 atom stereocenters. The van der Waals surface area contributed by atoms with Crippen molar-refractivity contribution in [3.8, 4) is 0 Å². The van der Waals surface area contributed by atoms with Crippen molar-refractivity contribution in [1.82, 2.24) is 10.2 Å². The zero-order valence-corrected chi connectivity index (χ0v) is 11.1. The lowest BCUT2D eigenvalue weighted by Gasteiger charge is -2.34. The van der Waals surface area contributed by atoms with Crippen molar-refractivity contribution < 1.29 is 14.3 Å². The number of ether oxygens (including phenoxy) is 1. The van der Waals surface area contributed by atoms with Crippen molar-refractivity contribution in [2.45, 2.75) is 12.0 Å². The van der Waals surface area contributed by atoms with E-state index >= 15 is 0 Å². The van der Waals surface area contributed by atoms with Crippen LogP contribution in [0.3, 0.4) is 0 Å². The summed E-state index contributed by atoms with van der Waals surface area (Å²) in [6, 6.07) is 8.69. The number of carbonyl (C=O) groups is 2. The topological polar surface area (TPSA) is 58.6 Å². The zero-order valence-electron chi connectivity index (χ0n) is 11.1. The maximum Gasteiger partial charge on any atom is 0.315 e. The van der Waals surface area contributed by atoms with Crippen LogP contribution in [0.15, 0.2) is 30.3 Å². The van der Waals surface area contributed by atoms with Gasteiger partial charge in [0.15, 0.2) is 0 Å². The van der Waals surface area contributed by atoms with Gasteiger partial charge >= 0.3 is 5.97 Å². The molecule has 1 amide bonds. The second-order valence-electron chi connectivity index (χ2n) is 4.60. The van der Waals surface area contributed by atoms with Crippen molar-refractivity contribution in [1.29, 1.82) is 0 Å². The molecule has 0 bridgehead atoms. The number of esters is 1. The van der Waals surface area contributed by atoms with E-state index in [-0.39, 0.29) is 5.91 Å². The number of nitrogens with one attached hydrogen (secondary N) is 1. The molecule has 5 heteroatoms. The summed E-state index contributed by atoms with van der Waals surface area (Å²) >= 11 is 0. The van der Waals surface area contributed by atoms with E-state index in [2.05, 4.69) is 5.32 Å². The predicted octanol–water partition coefficient (Wildman–Crippen LogP) is 0.373. The molecule has 0 radical (unpaired) electrons. The highest BCUT2D eigenvalue weighted by molar-refractivity contribution is 5.91. The SMILES string of the molecule is COC(=O)C(c1ccccc1)C1NCCN(C)C1=O. The lowest BCUT2D eigenvalue weighted by Crippen LogP contribution is -2.57. The first-order chi connectivity index (χ1) is 9.15. The number of amides is 1. The standard InChI is InChI=1S/C14H18N2O3/c1-16-9-8-15-12(13(16)17)11(14(18)19-2)10-6-4-3-5-7-10/h3-7,11-12,15H,8-9H2,1-2H3. The van der Waals surface area contributed by atoms with Crippen LogP contribution in [0.2, 0.25) is 0 Å². The van der Waals surface area contributed by atoms with Gasteiger partial charge in [-0.25, -0.2) is 0 Å². The molecule has 1 N–H and O–H groups in total. The lowest BCUT2D eigenvalue weighted by atomic mass is 9.89. The molecule has 0 spiro atoms. The molecule has 1 heterocycles. The van der Waals surface area contributed by atoms with Crippen molar-refractivity contribution in [3.05, 3.63) is 35.9 Å². The number of piperazine rings is 1. The monoisotopic (exact) mass is 262 g/mol. The van der Waals surface area contributed by atoms with E-state index in [1.54, 1.807) is 11.9 Å². The van der Waals surface area contributed by atoms with E-state index in [0.717, 1.165) is 5.56 Å². The molecule has 2 unspecified atom stereocenters. The second kappa shape index (κ2) is 5.84. The Morgan fingerprint density at radius 2 is 2.11 bits per heavy atom. The molecule has 1 aromatic carbocycles. The molecule has 1 aromatic rings. The van der Waals surface area contributed by atoms with Crippen LogP contribution in [0.4, 0.5) is 0 Å². The van der Waals surface area contributed by atoms with Gasteiger partial charge in [-0.2, -0.15) is 0 Å². The molecule has 2 rings (SSSR count). The van der Waals surface area contributed by atoms with Gasteiger partial charge in [-0.1, -0.05) is 30.3 Å². The van der Waals surface area contributed by atoms with Crippen LogP contribution in [-0.2, 0) is 14.3 Å². The van der Waals surface area contributed by atoms with E-state index in [0.29, 0.717) is 13.1 Å². The highest BCUT2D eigenvalue weighted by atomic mass is 16.5. The number of hydrogen-bond acceptors (Lipinski definition) is 4. The van der Waals surface area contributed by atoms with Gasteiger partial charge in [0, 0.05) is 20.1 Å². The highest BCUT2D eigenvalue weighted by Crippen LogP contribution is 2.23. The summed E-state index contributed by atoms with van der Waals surface area (Å²) in [5.41, 5.74) is 0.788. The third-order valence-corrected chi connectivity index (χ3v) is 3.40. The third kappa shape index (κ3) is 2.76. The van der Waals surface area contributed by atoms with Crippen molar-refractivity contribution in [2.75, 3.05) is 27.2 Å². The molecule has 1 aliphatic rings. The number of likely N-dealkylation sites (N-methyl/N-ethyl adjacent to an activating group) is 1. The van der Waals surface area contributed by atoms with Gasteiger partial charge in [-0.15, -0.1) is 0 Å².